The lowest BCUT2D eigenvalue weighted by Gasteiger charge is -2.10. The lowest BCUT2D eigenvalue weighted by atomic mass is 9.96. The van der Waals surface area contributed by atoms with Gasteiger partial charge in [0.2, 0.25) is 11.8 Å². The van der Waals surface area contributed by atoms with Crippen LogP contribution in [0.1, 0.15) is 32.0 Å². The van der Waals surface area contributed by atoms with E-state index in [2.05, 4.69) is 9.97 Å². The third-order valence-electron chi connectivity index (χ3n) is 2.68. The molecule has 2 amide bonds. The maximum absolute atomic E-state index is 11.4. The lowest BCUT2D eigenvalue weighted by molar-refractivity contribution is 0.0999. The van der Waals surface area contributed by atoms with Crippen LogP contribution in [0.15, 0.2) is 36.8 Å². The van der Waals surface area contributed by atoms with Gasteiger partial charge in [-0.25, -0.2) is 0 Å². The van der Waals surface area contributed by atoms with Crippen molar-refractivity contribution >= 4 is 11.8 Å². The molecule has 2 aromatic rings. The Morgan fingerprint density at radius 2 is 1.68 bits per heavy atom. The number of carbonyl (C=O) groups is 2. The Labute approximate surface area is 109 Å². The number of primary amides is 2. The maximum atomic E-state index is 11.4. The summed E-state index contributed by atoms with van der Waals surface area (Å²) in [5.74, 6) is -1.22. The molecule has 0 radical (unpaired) electrons. The first-order chi connectivity index (χ1) is 9.09. The molecule has 0 aliphatic carbocycles. The summed E-state index contributed by atoms with van der Waals surface area (Å²) < 4.78 is 0. The minimum Gasteiger partial charge on any atom is -0.366 e. The molecule has 19 heavy (non-hydrogen) atoms. The average molecular weight is 256 g/mol. The highest BCUT2D eigenvalue weighted by Gasteiger charge is 2.16. The van der Waals surface area contributed by atoms with E-state index < -0.39 is 11.8 Å². The molecule has 4 N–H and O–H groups in total. The molecule has 1 aromatic carbocycles. The Morgan fingerprint density at radius 1 is 1.05 bits per heavy atom. The average Bonchev–Trinajstić information content (AvgIpc) is 2.39. The molecule has 0 spiro atoms. The SMILES string of the molecule is NC(=O)c1cccc(C(N)=O)c1Cc1cnccn1. The van der Waals surface area contributed by atoms with E-state index in [4.69, 9.17) is 11.5 Å². The van der Waals surface area contributed by atoms with E-state index in [1.807, 2.05) is 0 Å². The lowest BCUT2D eigenvalue weighted by Crippen LogP contribution is -2.20. The Bertz CT molecular complexity index is 594. The minimum absolute atomic E-state index is 0.266. The van der Waals surface area contributed by atoms with Gasteiger partial charge in [-0.05, 0) is 17.7 Å². The summed E-state index contributed by atoms with van der Waals surface area (Å²) in [4.78, 5) is 30.9. The van der Waals surface area contributed by atoms with Gasteiger partial charge in [0.15, 0.2) is 0 Å². The second-order valence-corrected chi connectivity index (χ2v) is 3.93. The van der Waals surface area contributed by atoms with Crippen LogP contribution < -0.4 is 11.5 Å². The number of rotatable bonds is 4. The van der Waals surface area contributed by atoms with Crippen LogP contribution in [0.25, 0.3) is 0 Å². The molecule has 1 aromatic heterocycles. The van der Waals surface area contributed by atoms with Gasteiger partial charge < -0.3 is 11.5 Å². The standard InChI is InChI=1S/C13H12N4O2/c14-12(18)9-2-1-3-10(13(15)19)11(9)6-8-7-16-4-5-17-8/h1-5,7H,6H2,(H2,14,18)(H2,15,19). The molecule has 0 aliphatic rings. The van der Waals surface area contributed by atoms with E-state index >= 15 is 0 Å². The van der Waals surface area contributed by atoms with Crippen molar-refractivity contribution in [1.82, 2.24) is 9.97 Å². The fourth-order valence-corrected chi connectivity index (χ4v) is 1.84. The number of amides is 2. The van der Waals surface area contributed by atoms with E-state index in [-0.39, 0.29) is 17.5 Å². The van der Waals surface area contributed by atoms with Gasteiger partial charge in [-0.1, -0.05) is 6.07 Å². The molecule has 0 saturated carbocycles. The third kappa shape index (κ3) is 2.74. The molecule has 0 atom stereocenters. The van der Waals surface area contributed by atoms with E-state index in [9.17, 15) is 9.59 Å². The van der Waals surface area contributed by atoms with E-state index in [0.717, 1.165) is 0 Å². The molecule has 1 heterocycles. The van der Waals surface area contributed by atoms with Crippen molar-refractivity contribution in [2.75, 3.05) is 0 Å². The molecule has 0 fully saturated rings. The van der Waals surface area contributed by atoms with Gasteiger partial charge in [0, 0.05) is 36.1 Å². The van der Waals surface area contributed by atoms with Crippen LogP contribution in [0.3, 0.4) is 0 Å². The first kappa shape index (κ1) is 12.7. The quantitative estimate of drug-likeness (QED) is 0.817. The van der Waals surface area contributed by atoms with Crippen molar-refractivity contribution in [3.05, 3.63) is 59.2 Å². The summed E-state index contributed by atoms with van der Waals surface area (Å²) >= 11 is 0. The molecule has 6 heteroatoms. The summed E-state index contributed by atoms with van der Waals surface area (Å²) in [6.07, 6.45) is 4.90. The van der Waals surface area contributed by atoms with Crippen LogP contribution in [-0.4, -0.2) is 21.8 Å². The summed E-state index contributed by atoms with van der Waals surface area (Å²) in [7, 11) is 0. The van der Waals surface area contributed by atoms with Crippen molar-refractivity contribution in [3.63, 3.8) is 0 Å². The Morgan fingerprint density at radius 3 is 2.16 bits per heavy atom. The normalized spacial score (nSPS) is 10.1. The number of carbonyl (C=O) groups excluding carboxylic acids is 2. The molecular weight excluding hydrogens is 244 g/mol. The van der Waals surface area contributed by atoms with E-state index in [1.165, 1.54) is 6.20 Å². The van der Waals surface area contributed by atoms with Crippen molar-refractivity contribution in [1.29, 1.82) is 0 Å². The van der Waals surface area contributed by atoms with Crippen LogP contribution in [-0.2, 0) is 6.42 Å². The van der Waals surface area contributed by atoms with Gasteiger partial charge in [0.05, 0.1) is 5.69 Å². The van der Waals surface area contributed by atoms with Crippen LogP contribution in [0.5, 0.6) is 0 Å². The second kappa shape index (κ2) is 5.26. The first-order valence-corrected chi connectivity index (χ1v) is 5.56. The largest absolute Gasteiger partial charge is 0.366 e. The summed E-state index contributed by atoms with van der Waals surface area (Å²) in [5.41, 5.74) is 12.3. The Hall–Kier alpha value is -2.76. The van der Waals surface area contributed by atoms with E-state index in [1.54, 1.807) is 30.6 Å². The smallest absolute Gasteiger partial charge is 0.249 e. The second-order valence-electron chi connectivity index (χ2n) is 3.93. The number of nitrogens with two attached hydrogens (primary N) is 2. The van der Waals surface area contributed by atoms with Crippen LogP contribution in [0.2, 0.25) is 0 Å². The summed E-state index contributed by atoms with van der Waals surface area (Å²) in [6, 6.07) is 4.68. The number of nitrogens with zero attached hydrogens (tertiary/aromatic N) is 2. The number of aromatic nitrogens is 2. The monoisotopic (exact) mass is 256 g/mol. The molecular formula is C13H12N4O2. The van der Waals surface area contributed by atoms with Crippen LogP contribution >= 0.6 is 0 Å². The topological polar surface area (TPSA) is 112 Å². The van der Waals surface area contributed by atoms with Gasteiger partial charge in [0.25, 0.3) is 0 Å². The van der Waals surface area contributed by atoms with Crippen molar-refractivity contribution in [2.45, 2.75) is 6.42 Å². The zero-order valence-electron chi connectivity index (χ0n) is 10.0. The zero-order chi connectivity index (χ0) is 13.8. The zero-order valence-corrected chi connectivity index (χ0v) is 10.0. The van der Waals surface area contributed by atoms with Gasteiger partial charge in [-0.2, -0.15) is 0 Å². The summed E-state index contributed by atoms with van der Waals surface area (Å²) in [6.45, 7) is 0. The van der Waals surface area contributed by atoms with Crippen LogP contribution in [0, 0.1) is 0 Å². The van der Waals surface area contributed by atoms with Crippen molar-refractivity contribution in [2.24, 2.45) is 11.5 Å². The highest BCUT2D eigenvalue weighted by molar-refractivity contribution is 6.01. The van der Waals surface area contributed by atoms with Crippen LogP contribution in [0.4, 0.5) is 0 Å². The highest BCUT2D eigenvalue weighted by atomic mass is 16.1. The molecule has 6 nitrogen and oxygen atoms in total. The van der Waals surface area contributed by atoms with Crippen molar-refractivity contribution < 1.29 is 9.59 Å². The maximum Gasteiger partial charge on any atom is 0.249 e. The molecule has 0 saturated heterocycles. The fraction of sp³-hybridized carbons (Fsp3) is 0.0769. The predicted molar refractivity (Wildman–Crippen MR) is 68.3 cm³/mol. The van der Waals surface area contributed by atoms with Gasteiger partial charge >= 0.3 is 0 Å². The molecule has 0 bridgehead atoms. The predicted octanol–water partition coefficient (Wildman–Crippen LogP) is 0.265. The van der Waals surface area contributed by atoms with Crippen molar-refractivity contribution in [3.8, 4) is 0 Å². The third-order valence-corrected chi connectivity index (χ3v) is 2.68. The minimum atomic E-state index is -0.609. The van der Waals surface area contributed by atoms with Gasteiger partial charge in [0.1, 0.15) is 0 Å². The highest BCUT2D eigenvalue weighted by Crippen LogP contribution is 2.17. The van der Waals surface area contributed by atoms with Gasteiger partial charge in [-0.3, -0.25) is 19.6 Å². The van der Waals surface area contributed by atoms with Gasteiger partial charge in [-0.15, -0.1) is 0 Å². The number of hydrogen-bond acceptors (Lipinski definition) is 4. The number of hydrogen-bond donors (Lipinski definition) is 2. The Kier molecular flexibility index (Phi) is 3.51. The molecule has 0 unspecified atom stereocenters. The fourth-order valence-electron chi connectivity index (χ4n) is 1.84. The molecule has 2 rings (SSSR count). The first-order valence-electron chi connectivity index (χ1n) is 5.56. The summed E-state index contributed by atoms with van der Waals surface area (Å²) in [5, 5.41) is 0. The van der Waals surface area contributed by atoms with E-state index in [0.29, 0.717) is 11.3 Å². The molecule has 96 valence electrons. The Balaban J connectivity index is 2.52. The molecule has 0 aliphatic heterocycles. The number of benzene rings is 1.